The summed E-state index contributed by atoms with van der Waals surface area (Å²) in [6.45, 7) is 19.6. The molecule has 0 aliphatic heterocycles. The standard InChI is InChI=1S/C41H58N2O3/c1-26(2)29-17-22-41(36(45)42-25-43(8)9)24-23-39(6)31(34(29)41)15-16-33-38(5)20-18-30(27-11-13-28(14-12-27)35(44)46-10)37(3,4)32(38)19-21-40(33,39)7/h11-14,18,25,29,31-34H,1,15-17,19-24H2,2-10H3/t29-,31+,32-,33+,34+,38-,39+,40+,41-/m0/s1. The third kappa shape index (κ3) is 4.56. The Hall–Kier alpha value is -2.69. The minimum absolute atomic E-state index is 0.0218. The summed E-state index contributed by atoms with van der Waals surface area (Å²) in [4.78, 5) is 32.6. The van der Waals surface area contributed by atoms with E-state index in [9.17, 15) is 9.59 Å². The van der Waals surface area contributed by atoms with E-state index in [4.69, 9.17) is 4.74 Å². The Bertz CT molecular complexity index is 1470. The van der Waals surface area contributed by atoms with Gasteiger partial charge in [0, 0.05) is 14.1 Å². The summed E-state index contributed by atoms with van der Waals surface area (Å²) in [5, 5.41) is 0. The van der Waals surface area contributed by atoms with Crippen LogP contribution < -0.4 is 0 Å². The Kier molecular flexibility index (Phi) is 8.08. The van der Waals surface area contributed by atoms with Crippen LogP contribution in [0.2, 0.25) is 0 Å². The minimum atomic E-state index is -0.349. The average Bonchev–Trinajstić information content (AvgIpc) is 3.41. The molecule has 9 atom stereocenters. The van der Waals surface area contributed by atoms with Gasteiger partial charge in [0.1, 0.15) is 0 Å². The first-order chi connectivity index (χ1) is 21.6. The van der Waals surface area contributed by atoms with Crippen molar-refractivity contribution < 1.29 is 14.3 Å². The van der Waals surface area contributed by atoms with Gasteiger partial charge in [0.2, 0.25) is 0 Å². The van der Waals surface area contributed by atoms with Crippen molar-refractivity contribution in [2.75, 3.05) is 21.2 Å². The maximum Gasteiger partial charge on any atom is 0.337 e. The van der Waals surface area contributed by atoms with Crippen molar-refractivity contribution in [1.29, 1.82) is 0 Å². The fraction of sp³-hybridized carbons (Fsp3) is 0.683. The molecule has 0 unspecified atom stereocenters. The van der Waals surface area contributed by atoms with Gasteiger partial charge in [-0.25, -0.2) is 9.79 Å². The van der Waals surface area contributed by atoms with Gasteiger partial charge in [-0.15, -0.1) is 0 Å². The molecule has 4 fully saturated rings. The zero-order chi connectivity index (χ0) is 33.4. The van der Waals surface area contributed by atoms with Crippen LogP contribution in [0, 0.1) is 56.7 Å². The highest BCUT2D eigenvalue weighted by Crippen LogP contribution is 2.77. The lowest BCUT2D eigenvalue weighted by molar-refractivity contribution is -0.224. The van der Waals surface area contributed by atoms with Crippen LogP contribution in [0.25, 0.3) is 5.57 Å². The lowest BCUT2D eigenvalue weighted by Crippen LogP contribution is -2.65. The molecule has 0 heterocycles. The maximum atomic E-state index is 14.1. The van der Waals surface area contributed by atoms with E-state index in [0.29, 0.717) is 35.2 Å². The zero-order valence-corrected chi connectivity index (χ0v) is 30.0. The molecule has 6 rings (SSSR count). The molecule has 46 heavy (non-hydrogen) atoms. The predicted octanol–water partition coefficient (Wildman–Crippen LogP) is 9.24. The largest absolute Gasteiger partial charge is 0.465 e. The van der Waals surface area contributed by atoms with Crippen molar-refractivity contribution in [3.05, 3.63) is 53.6 Å². The number of nitrogens with zero attached hydrogens (tertiary/aromatic N) is 2. The van der Waals surface area contributed by atoms with Gasteiger partial charge < -0.3 is 9.64 Å². The molecule has 0 bridgehead atoms. The van der Waals surface area contributed by atoms with Gasteiger partial charge in [0.05, 0.1) is 24.4 Å². The van der Waals surface area contributed by atoms with E-state index in [2.05, 4.69) is 71.3 Å². The van der Waals surface area contributed by atoms with E-state index in [1.165, 1.54) is 49.5 Å². The van der Waals surface area contributed by atoms with Crippen molar-refractivity contribution in [3.63, 3.8) is 0 Å². The second-order valence-electron chi connectivity index (χ2n) is 17.5. The number of amides is 1. The average molecular weight is 627 g/mol. The first-order valence-electron chi connectivity index (χ1n) is 17.9. The van der Waals surface area contributed by atoms with E-state index in [0.717, 1.165) is 32.1 Å². The zero-order valence-electron chi connectivity index (χ0n) is 30.0. The second kappa shape index (κ2) is 11.2. The van der Waals surface area contributed by atoms with Crippen molar-refractivity contribution in [3.8, 4) is 0 Å². The summed E-state index contributed by atoms with van der Waals surface area (Å²) < 4.78 is 4.95. The van der Waals surface area contributed by atoms with E-state index in [1.54, 1.807) is 6.34 Å². The molecule has 1 aromatic rings. The van der Waals surface area contributed by atoms with Gasteiger partial charge in [-0.2, -0.15) is 0 Å². The van der Waals surface area contributed by atoms with Crippen molar-refractivity contribution in [1.82, 2.24) is 4.90 Å². The summed E-state index contributed by atoms with van der Waals surface area (Å²) in [6, 6.07) is 8.04. The van der Waals surface area contributed by atoms with Crippen LogP contribution in [-0.2, 0) is 9.53 Å². The van der Waals surface area contributed by atoms with Gasteiger partial charge in [-0.1, -0.05) is 65.0 Å². The Morgan fingerprint density at radius 3 is 2.24 bits per heavy atom. The number of ether oxygens (including phenoxy) is 1. The van der Waals surface area contributed by atoms with Gasteiger partial charge in [0.25, 0.3) is 5.91 Å². The number of hydrogen-bond acceptors (Lipinski definition) is 3. The van der Waals surface area contributed by atoms with E-state index >= 15 is 0 Å². The van der Waals surface area contributed by atoms with E-state index in [-0.39, 0.29) is 39.0 Å². The van der Waals surface area contributed by atoms with Gasteiger partial charge in [-0.3, -0.25) is 4.79 Å². The Morgan fingerprint density at radius 1 is 0.913 bits per heavy atom. The number of hydrogen-bond donors (Lipinski definition) is 0. The number of benzene rings is 1. The molecule has 0 N–H and O–H groups in total. The molecular formula is C41H58N2O3. The Morgan fingerprint density at radius 2 is 1.61 bits per heavy atom. The Balaban J connectivity index is 1.35. The number of carbonyl (C=O) groups excluding carboxylic acids is 2. The molecule has 0 saturated heterocycles. The molecule has 5 aliphatic carbocycles. The first-order valence-corrected chi connectivity index (χ1v) is 17.9. The van der Waals surface area contributed by atoms with Gasteiger partial charge in [0.15, 0.2) is 0 Å². The van der Waals surface area contributed by atoms with E-state index < -0.39 is 0 Å². The molecule has 0 aromatic heterocycles. The summed E-state index contributed by atoms with van der Waals surface area (Å²) in [5.74, 6) is 2.30. The van der Waals surface area contributed by atoms with Crippen LogP contribution >= 0.6 is 0 Å². The highest BCUT2D eigenvalue weighted by Gasteiger charge is 2.71. The second-order valence-corrected chi connectivity index (χ2v) is 17.5. The molecule has 0 radical (unpaired) electrons. The van der Waals surface area contributed by atoms with Gasteiger partial charge in [-0.05, 0) is 139 Å². The first kappa shape index (κ1) is 33.2. The maximum absolute atomic E-state index is 14.1. The molecular weight excluding hydrogens is 568 g/mol. The highest BCUT2D eigenvalue weighted by molar-refractivity contribution is 5.90. The minimum Gasteiger partial charge on any atom is -0.465 e. The number of aliphatic imine (C=N–C) groups is 1. The van der Waals surface area contributed by atoms with Crippen LogP contribution in [0.15, 0.2) is 47.5 Å². The molecule has 5 heteroatoms. The van der Waals surface area contributed by atoms with Crippen molar-refractivity contribution in [2.45, 2.75) is 99.3 Å². The third-order valence-electron chi connectivity index (χ3n) is 15.1. The number of allylic oxidation sites excluding steroid dienone is 3. The summed E-state index contributed by atoms with van der Waals surface area (Å²) in [5.41, 5.74) is 4.79. The van der Waals surface area contributed by atoms with Crippen molar-refractivity contribution in [2.24, 2.45) is 61.7 Å². The summed E-state index contributed by atoms with van der Waals surface area (Å²) in [7, 11) is 5.32. The lowest BCUT2D eigenvalue weighted by atomic mass is 9.32. The molecule has 250 valence electrons. The van der Waals surface area contributed by atoms with Crippen LogP contribution in [0.3, 0.4) is 0 Å². The number of carbonyl (C=O) groups is 2. The number of esters is 1. The third-order valence-corrected chi connectivity index (χ3v) is 15.1. The molecule has 4 saturated carbocycles. The van der Waals surface area contributed by atoms with Crippen LogP contribution in [0.1, 0.15) is 115 Å². The number of fused-ring (bicyclic) bond motifs is 7. The van der Waals surface area contributed by atoms with Crippen LogP contribution in [0.4, 0.5) is 0 Å². The normalized spacial score (nSPS) is 41.0. The topological polar surface area (TPSA) is 59.0 Å². The predicted molar refractivity (Wildman–Crippen MR) is 187 cm³/mol. The molecule has 5 aliphatic rings. The summed E-state index contributed by atoms with van der Waals surface area (Å²) in [6.07, 6.45) is 14.4. The smallest absolute Gasteiger partial charge is 0.337 e. The molecule has 1 aromatic carbocycles. The van der Waals surface area contributed by atoms with Gasteiger partial charge >= 0.3 is 5.97 Å². The fourth-order valence-corrected chi connectivity index (χ4v) is 12.8. The quantitative estimate of drug-likeness (QED) is 0.141. The van der Waals surface area contributed by atoms with Crippen LogP contribution in [0.5, 0.6) is 0 Å². The Labute approximate surface area is 278 Å². The van der Waals surface area contributed by atoms with Crippen LogP contribution in [-0.4, -0.2) is 44.3 Å². The fourth-order valence-electron chi connectivity index (χ4n) is 12.8. The number of methoxy groups -OCH3 is 1. The van der Waals surface area contributed by atoms with E-state index in [1.807, 2.05) is 31.1 Å². The monoisotopic (exact) mass is 626 g/mol. The molecule has 1 amide bonds. The van der Waals surface area contributed by atoms with Crippen molar-refractivity contribution >= 4 is 23.8 Å². The summed E-state index contributed by atoms with van der Waals surface area (Å²) >= 11 is 0. The number of rotatable bonds is 5. The lowest BCUT2D eigenvalue weighted by Gasteiger charge is -2.72. The molecule has 0 spiro atoms. The SMILES string of the molecule is C=C(C)[C@@H]1CC[C@]2(C(=O)N=CN(C)C)CC[C@]3(C)[C@H](CC[C@@H]4[C@@]5(C)CC=C(c6ccc(C(=O)OC)cc6)C(C)(C)[C@@H]5CC[C@]43C)[C@@H]12. The molecule has 5 nitrogen and oxygen atoms in total. The highest BCUT2D eigenvalue weighted by atomic mass is 16.5.